The number of aromatic nitrogens is 3. The molecule has 0 bridgehead atoms. The predicted molar refractivity (Wildman–Crippen MR) is 77.1 cm³/mol. The first kappa shape index (κ1) is 12.7. The number of nitrogens with one attached hydrogen (secondary N) is 1. The fourth-order valence-corrected chi connectivity index (χ4v) is 2.13. The fourth-order valence-electron chi connectivity index (χ4n) is 2.13. The van der Waals surface area contributed by atoms with Crippen LogP contribution in [0.3, 0.4) is 0 Å². The third-order valence-electron chi connectivity index (χ3n) is 3.17. The minimum Gasteiger partial charge on any atom is -0.419 e. The highest BCUT2D eigenvalue weighted by atomic mass is 16.4. The summed E-state index contributed by atoms with van der Waals surface area (Å²) >= 11 is 0. The quantitative estimate of drug-likeness (QED) is 0.788. The van der Waals surface area contributed by atoms with Gasteiger partial charge in [0, 0.05) is 17.1 Å². The Balaban J connectivity index is 1.94. The van der Waals surface area contributed by atoms with Gasteiger partial charge in [-0.15, -0.1) is 10.2 Å². The Morgan fingerprint density at radius 2 is 2.15 bits per heavy atom. The molecule has 2 heterocycles. The second-order valence-electron chi connectivity index (χ2n) is 4.64. The van der Waals surface area contributed by atoms with E-state index in [0.717, 1.165) is 23.0 Å². The number of pyridine rings is 1. The van der Waals surface area contributed by atoms with Crippen LogP contribution in [0.25, 0.3) is 22.4 Å². The molecule has 0 saturated heterocycles. The van der Waals surface area contributed by atoms with Crippen molar-refractivity contribution < 1.29 is 4.42 Å². The summed E-state index contributed by atoms with van der Waals surface area (Å²) in [5, 5.41) is 12.5. The van der Waals surface area contributed by atoms with Crippen molar-refractivity contribution in [3.63, 3.8) is 0 Å². The van der Waals surface area contributed by atoms with Crippen molar-refractivity contribution in [1.29, 1.82) is 0 Å². The van der Waals surface area contributed by atoms with Crippen LogP contribution in [-0.2, 0) is 0 Å². The molecule has 0 aliphatic heterocycles. The van der Waals surface area contributed by atoms with Gasteiger partial charge in [0.15, 0.2) is 0 Å². The Kier molecular flexibility index (Phi) is 3.43. The van der Waals surface area contributed by atoms with Crippen LogP contribution in [0.5, 0.6) is 0 Å². The molecule has 5 nitrogen and oxygen atoms in total. The van der Waals surface area contributed by atoms with Gasteiger partial charge >= 0.3 is 0 Å². The molecule has 1 aromatic carbocycles. The number of hydrogen-bond acceptors (Lipinski definition) is 5. The lowest BCUT2D eigenvalue weighted by Gasteiger charge is -2.05. The maximum absolute atomic E-state index is 5.73. The Morgan fingerprint density at radius 3 is 3.00 bits per heavy atom. The van der Waals surface area contributed by atoms with E-state index in [0.29, 0.717) is 11.8 Å². The molecule has 1 unspecified atom stereocenters. The van der Waals surface area contributed by atoms with E-state index in [1.165, 1.54) is 0 Å². The van der Waals surface area contributed by atoms with Crippen molar-refractivity contribution in [3.05, 3.63) is 42.4 Å². The molecule has 0 aliphatic carbocycles. The topological polar surface area (TPSA) is 63.8 Å². The van der Waals surface area contributed by atoms with Crippen molar-refractivity contribution in [3.8, 4) is 11.5 Å². The first-order valence-corrected chi connectivity index (χ1v) is 6.70. The van der Waals surface area contributed by atoms with Crippen LogP contribution in [0, 0.1) is 0 Å². The molecule has 1 N–H and O–H groups in total. The third-order valence-corrected chi connectivity index (χ3v) is 3.17. The Morgan fingerprint density at radius 1 is 1.25 bits per heavy atom. The molecule has 0 amide bonds. The largest absolute Gasteiger partial charge is 0.419 e. The van der Waals surface area contributed by atoms with Crippen LogP contribution in [0.4, 0.5) is 0 Å². The maximum Gasteiger partial charge on any atom is 0.247 e. The van der Waals surface area contributed by atoms with Crippen molar-refractivity contribution >= 4 is 10.9 Å². The van der Waals surface area contributed by atoms with E-state index in [2.05, 4.69) is 20.5 Å². The monoisotopic (exact) mass is 268 g/mol. The van der Waals surface area contributed by atoms with Gasteiger partial charge in [0.05, 0.1) is 11.6 Å². The highest BCUT2D eigenvalue weighted by molar-refractivity contribution is 5.82. The maximum atomic E-state index is 5.73. The summed E-state index contributed by atoms with van der Waals surface area (Å²) in [6.07, 6.45) is 1.78. The summed E-state index contributed by atoms with van der Waals surface area (Å²) < 4.78 is 5.73. The van der Waals surface area contributed by atoms with Gasteiger partial charge in [0.25, 0.3) is 0 Å². The van der Waals surface area contributed by atoms with E-state index in [1.807, 2.05) is 44.2 Å². The summed E-state index contributed by atoms with van der Waals surface area (Å²) in [5.74, 6) is 1.14. The van der Waals surface area contributed by atoms with Gasteiger partial charge in [0.1, 0.15) is 0 Å². The molecule has 0 radical (unpaired) electrons. The minimum atomic E-state index is 0.0587. The molecular formula is C15H16N4O. The summed E-state index contributed by atoms with van der Waals surface area (Å²) in [4.78, 5) is 4.30. The van der Waals surface area contributed by atoms with Gasteiger partial charge in [-0.05, 0) is 37.7 Å². The number of hydrogen-bond donors (Lipinski definition) is 1. The standard InChI is InChI=1S/C15H16N4O/c1-3-16-10(2)14-18-19-15(20-14)12-6-7-13-11(9-12)5-4-8-17-13/h4-10,16H,3H2,1-2H3. The zero-order valence-corrected chi connectivity index (χ0v) is 11.5. The SMILES string of the molecule is CCNC(C)c1nnc(-c2ccc3ncccc3c2)o1. The van der Waals surface area contributed by atoms with E-state index < -0.39 is 0 Å². The van der Waals surface area contributed by atoms with Gasteiger partial charge < -0.3 is 9.73 Å². The third kappa shape index (κ3) is 2.40. The van der Waals surface area contributed by atoms with Crippen LogP contribution in [0.1, 0.15) is 25.8 Å². The first-order valence-electron chi connectivity index (χ1n) is 6.70. The Hall–Kier alpha value is -2.27. The second-order valence-corrected chi connectivity index (χ2v) is 4.64. The molecule has 0 fully saturated rings. The molecule has 3 aromatic rings. The number of benzene rings is 1. The average molecular weight is 268 g/mol. The summed E-state index contributed by atoms with van der Waals surface area (Å²) in [6, 6.07) is 9.91. The molecule has 102 valence electrons. The molecule has 0 saturated carbocycles. The lowest BCUT2D eigenvalue weighted by atomic mass is 10.1. The zero-order valence-electron chi connectivity index (χ0n) is 11.5. The van der Waals surface area contributed by atoms with E-state index in [-0.39, 0.29) is 6.04 Å². The number of nitrogens with zero attached hydrogens (tertiary/aromatic N) is 3. The molecule has 1 atom stereocenters. The lowest BCUT2D eigenvalue weighted by molar-refractivity contribution is 0.429. The highest BCUT2D eigenvalue weighted by Crippen LogP contribution is 2.23. The first-order chi connectivity index (χ1) is 9.78. The molecule has 5 heteroatoms. The zero-order chi connectivity index (χ0) is 13.9. The minimum absolute atomic E-state index is 0.0587. The van der Waals surface area contributed by atoms with Crippen molar-refractivity contribution in [2.45, 2.75) is 19.9 Å². The summed E-state index contributed by atoms with van der Waals surface area (Å²) in [5.41, 5.74) is 1.87. The van der Waals surface area contributed by atoms with E-state index in [4.69, 9.17) is 4.42 Å². The van der Waals surface area contributed by atoms with Crippen LogP contribution in [0.2, 0.25) is 0 Å². The highest BCUT2D eigenvalue weighted by Gasteiger charge is 2.14. The molecule has 0 spiro atoms. The molecule has 3 rings (SSSR count). The van der Waals surface area contributed by atoms with Gasteiger partial charge in [-0.3, -0.25) is 4.98 Å². The van der Waals surface area contributed by atoms with E-state index in [9.17, 15) is 0 Å². The average Bonchev–Trinajstić information content (AvgIpc) is 2.97. The van der Waals surface area contributed by atoms with Gasteiger partial charge in [-0.2, -0.15) is 0 Å². The van der Waals surface area contributed by atoms with Gasteiger partial charge in [0.2, 0.25) is 11.8 Å². The smallest absolute Gasteiger partial charge is 0.247 e. The molecular weight excluding hydrogens is 252 g/mol. The lowest BCUT2D eigenvalue weighted by Crippen LogP contribution is -2.17. The Bertz CT molecular complexity index is 722. The molecule has 0 aliphatic rings. The van der Waals surface area contributed by atoms with Gasteiger partial charge in [-0.1, -0.05) is 13.0 Å². The van der Waals surface area contributed by atoms with Crippen LogP contribution < -0.4 is 5.32 Å². The predicted octanol–water partition coefficient (Wildman–Crippen LogP) is 2.96. The van der Waals surface area contributed by atoms with Crippen LogP contribution in [0.15, 0.2) is 40.9 Å². The molecule has 2 aromatic heterocycles. The van der Waals surface area contributed by atoms with E-state index >= 15 is 0 Å². The second kappa shape index (κ2) is 5.38. The van der Waals surface area contributed by atoms with Crippen LogP contribution in [-0.4, -0.2) is 21.7 Å². The van der Waals surface area contributed by atoms with Gasteiger partial charge in [-0.25, -0.2) is 0 Å². The van der Waals surface area contributed by atoms with Crippen molar-refractivity contribution in [1.82, 2.24) is 20.5 Å². The van der Waals surface area contributed by atoms with E-state index in [1.54, 1.807) is 6.20 Å². The number of rotatable bonds is 4. The van der Waals surface area contributed by atoms with Crippen LogP contribution >= 0.6 is 0 Å². The summed E-state index contributed by atoms with van der Waals surface area (Å²) in [7, 11) is 0. The normalized spacial score (nSPS) is 12.7. The number of fused-ring (bicyclic) bond motifs is 1. The van der Waals surface area contributed by atoms with Crippen molar-refractivity contribution in [2.75, 3.05) is 6.54 Å². The van der Waals surface area contributed by atoms with Crippen molar-refractivity contribution in [2.24, 2.45) is 0 Å². The molecule has 20 heavy (non-hydrogen) atoms. The Labute approximate surface area is 117 Å². The fraction of sp³-hybridized carbons (Fsp3) is 0.267. The summed E-state index contributed by atoms with van der Waals surface area (Å²) in [6.45, 7) is 4.91.